The fourth-order valence-electron chi connectivity index (χ4n) is 0.680. The van der Waals surface area contributed by atoms with Gasteiger partial charge in [-0.15, -0.1) is 0 Å². The largest absolute Gasteiger partial charge is 0.338 e. The van der Waals surface area contributed by atoms with Gasteiger partial charge in [-0.3, -0.25) is 0 Å². The van der Waals surface area contributed by atoms with Gasteiger partial charge >= 0.3 is 6.03 Å². The molecule has 0 saturated heterocycles. The molecular weight excluding hydrogens is 176 g/mol. The number of carbonyl (C=O) groups excluding carboxylic acids is 1. The zero-order chi connectivity index (χ0) is 11.2. The first-order valence-corrected chi connectivity index (χ1v) is 5.09. The van der Waals surface area contributed by atoms with Crippen LogP contribution in [0, 0.1) is 5.41 Å². The Bertz CT molecular complexity index is 214. The molecule has 0 radical (unpaired) electrons. The van der Waals surface area contributed by atoms with Gasteiger partial charge in [0, 0.05) is 12.7 Å². The van der Waals surface area contributed by atoms with E-state index in [4.69, 9.17) is 0 Å². The summed E-state index contributed by atoms with van der Waals surface area (Å²) in [7, 11) is 0. The monoisotopic (exact) mass is 198 g/mol. The van der Waals surface area contributed by atoms with Crippen LogP contribution in [0.5, 0.6) is 0 Å². The summed E-state index contributed by atoms with van der Waals surface area (Å²) < 4.78 is 0. The van der Waals surface area contributed by atoms with Crippen molar-refractivity contribution in [2.45, 2.75) is 41.0 Å². The normalized spacial score (nSPS) is 12.5. The molecule has 0 spiro atoms. The predicted molar refractivity (Wildman–Crippen MR) is 60.0 cm³/mol. The zero-order valence-corrected chi connectivity index (χ0v) is 9.90. The SMILES string of the molecule is CCCNC(=O)N/C=C(\C)C(C)(C)C. The van der Waals surface area contributed by atoms with Gasteiger partial charge in [-0.05, 0) is 18.8 Å². The molecule has 0 fully saturated rings. The van der Waals surface area contributed by atoms with Gasteiger partial charge in [-0.1, -0.05) is 33.3 Å². The minimum absolute atomic E-state index is 0.109. The van der Waals surface area contributed by atoms with E-state index >= 15 is 0 Å². The van der Waals surface area contributed by atoms with E-state index in [1.807, 2.05) is 13.8 Å². The molecule has 2 amide bonds. The average molecular weight is 198 g/mol. The number of hydrogen-bond acceptors (Lipinski definition) is 1. The first-order chi connectivity index (χ1) is 6.38. The van der Waals surface area contributed by atoms with Gasteiger partial charge in [-0.25, -0.2) is 4.79 Å². The highest BCUT2D eigenvalue weighted by Gasteiger charge is 2.12. The van der Waals surface area contributed by atoms with Crippen molar-refractivity contribution in [3.63, 3.8) is 0 Å². The number of carbonyl (C=O) groups is 1. The molecule has 0 atom stereocenters. The van der Waals surface area contributed by atoms with Crippen LogP contribution in [-0.2, 0) is 0 Å². The van der Waals surface area contributed by atoms with Crippen LogP contribution in [0.15, 0.2) is 11.8 Å². The lowest BCUT2D eigenvalue weighted by atomic mass is 9.88. The number of allylic oxidation sites excluding steroid dienone is 1. The molecule has 0 aromatic carbocycles. The molecule has 14 heavy (non-hydrogen) atoms. The standard InChI is InChI=1S/C11H22N2O/c1-6-7-12-10(14)13-8-9(2)11(3,4)5/h8H,6-7H2,1-5H3,(H2,12,13,14)/b9-8+. The van der Waals surface area contributed by atoms with Gasteiger partial charge in [0.2, 0.25) is 0 Å². The lowest BCUT2D eigenvalue weighted by Gasteiger charge is -2.19. The Hall–Kier alpha value is -0.990. The predicted octanol–water partition coefficient (Wildman–Crippen LogP) is 2.65. The second-order valence-electron chi connectivity index (χ2n) is 4.48. The molecule has 2 N–H and O–H groups in total. The summed E-state index contributed by atoms with van der Waals surface area (Å²) in [6.45, 7) is 11.1. The minimum atomic E-state index is -0.129. The van der Waals surface area contributed by atoms with Gasteiger partial charge < -0.3 is 10.6 Å². The van der Waals surface area contributed by atoms with E-state index in [1.54, 1.807) is 6.20 Å². The third-order valence-corrected chi connectivity index (χ3v) is 2.14. The Morgan fingerprint density at radius 3 is 2.36 bits per heavy atom. The Balaban J connectivity index is 3.97. The van der Waals surface area contributed by atoms with Crippen LogP contribution >= 0.6 is 0 Å². The highest BCUT2D eigenvalue weighted by Crippen LogP contribution is 2.23. The quantitative estimate of drug-likeness (QED) is 0.719. The van der Waals surface area contributed by atoms with Crippen LogP contribution in [0.1, 0.15) is 41.0 Å². The molecule has 0 aliphatic rings. The van der Waals surface area contributed by atoms with Crippen molar-refractivity contribution < 1.29 is 4.79 Å². The first-order valence-electron chi connectivity index (χ1n) is 5.09. The Morgan fingerprint density at radius 1 is 1.36 bits per heavy atom. The molecule has 0 heterocycles. The number of nitrogens with one attached hydrogen (secondary N) is 2. The zero-order valence-electron chi connectivity index (χ0n) is 9.90. The van der Waals surface area contributed by atoms with Gasteiger partial charge in [0.15, 0.2) is 0 Å². The molecule has 0 aromatic rings. The molecule has 3 nitrogen and oxygen atoms in total. The van der Waals surface area contributed by atoms with E-state index < -0.39 is 0 Å². The lowest BCUT2D eigenvalue weighted by Crippen LogP contribution is -2.33. The highest BCUT2D eigenvalue weighted by molar-refractivity contribution is 5.74. The second kappa shape index (κ2) is 5.68. The highest BCUT2D eigenvalue weighted by atomic mass is 16.2. The summed E-state index contributed by atoms with van der Waals surface area (Å²) in [5, 5.41) is 5.46. The fourth-order valence-corrected chi connectivity index (χ4v) is 0.680. The summed E-state index contributed by atoms with van der Waals surface area (Å²) in [5.74, 6) is 0. The summed E-state index contributed by atoms with van der Waals surface area (Å²) >= 11 is 0. The Labute approximate surface area is 87.0 Å². The third-order valence-electron chi connectivity index (χ3n) is 2.14. The van der Waals surface area contributed by atoms with Crippen molar-refractivity contribution in [2.75, 3.05) is 6.54 Å². The number of urea groups is 1. The molecule has 0 bridgehead atoms. The first kappa shape index (κ1) is 13.0. The van der Waals surface area contributed by atoms with E-state index in [0.29, 0.717) is 6.54 Å². The van der Waals surface area contributed by atoms with Crippen LogP contribution in [0.3, 0.4) is 0 Å². The Kier molecular flexibility index (Phi) is 5.28. The summed E-state index contributed by atoms with van der Waals surface area (Å²) in [5.41, 5.74) is 1.27. The van der Waals surface area contributed by atoms with Crippen LogP contribution in [0.25, 0.3) is 0 Å². The van der Waals surface area contributed by atoms with Crippen LogP contribution in [0.2, 0.25) is 0 Å². The Morgan fingerprint density at radius 2 is 1.93 bits per heavy atom. The maximum absolute atomic E-state index is 11.2. The van der Waals surface area contributed by atoms with Gasteiger partial charge in [0.05, 0.1) is 0 Å². The van der Waals surface area contributed by atoms with Gasteiger partial charge in [0.25, 0.3) is 0 Å². The second-order valence-corrected chi connectivity index (χ2v) is 4.48. The smallest absolute Gasteiger partial charge is 0.318 e. The molecule has 0 unspecified atom stereocenters. The maximum Gasteiger partial charge on any atom is 0.318 e. The topological polar surface area (TPSA) is 41.1 Å². The average Bonchev–Trinajstić information content (AvgIpc) is 2.09. The van der Waals surface area contributed by atoms with Crippen LogP contribution in [0.4, 0.5) is 4.79 Å². The number of rotatable bonds is 3. The van der Waals surface area contributed by atoms with E-state index in [9.17, 15) is 4.79 Å². The van der Waals surface area contributed by atoms with Crippen molar-refractivity contribution >= 4 is 6.03 Å². The summed E-state index contributed by atoms with van der Waals surface area (Å²) in [6, 6.07) is -0.129. The molecule has 82 valence electrons. The van der Waals surface area contributed by atoms with E-state index in [1.165, 1.54) is 0 Å². The van der Waals surface area contributed by atoms with Crippen molar-refractivity contribution in [1.82, 2.24) is 10.6 Å². The minimum Gasteiger partial charge on any atom is -0.338 e. The maximum atomic E-state index is 11.2. The molecule has 0 rings (SSSR count). The van der Waals surface area contributed by atoms with Crippen molar-refractivity contribution in [3.8, 4) is 0 Å². The summed E-state index contributed by atoms with van der Waals surface area (Å²) in [6.07, 6.45) is 2.72. The van der Waals surface area contributed by atoms with Gasteiger partial charge in [0.1, 0.15) is 0 Å². The molecule has 0 aliphatic heterocycles. The van der Waals surface area contributed by atoms with Crippen molar-refractivity contribution in [1.29, 1.82) is 0 Å². The summed E-state index contributed by atoms with van der Waals surface area (Å²) in [4.78, 5) is 11.2. The molecule has 0 aliphatic carbocycles. The van der Waals surface area contributed by atoms with E-state index in [2.05, 4.69) is 31.4 Å². The van der Waals surface area contributed by atoms with E-state index in [-0.39, 0.29) is 11.4 Å². The van der Waals surface area contributed by atoms with E-state index in [0.717, 1.165) is 12.0 Å². The molecular formula is C11H22N2O. The number of hydrogen-bond donors (Lipinski definition) is 2. The molecule has 0 aromatic heterocycles. The van der Waals surface area contributed by atoms with Crippen LogP contribution < -0.4 is 10.6 Å². The molecule has 3 heteroatoms. The van der Waals surface area contributed by atoms with Gasteiger partial charge in [-0.2, -0.15) is 0 Å². The fraction of sp³-hybridized carbons (Fsp3) is 0.727. The van der Waals surface area contributed by atoms with Crippen LogP contribution in [-0.4, -0.2) is 12.6 Å². The van der Waals surface area contributed by atoms with Crippen molar-refractivity contribution in [2.24, 2.45) is 5.41 Å². The van der Waals surface area contributed by atoms with Crippen molar-refractivity contribution in [3.05, 3.63) is 11.8 Å². The third kappa shape index (κ3) is 5.62. The molecule has 0 saturated carbocycles. The number of amides is 2. The lowest BCUT2D eigenvalue weighted by molar-refractivity contribution is 0.244.